The molecule has 0 unspecified atom stereocenters. The smallest absolute Gasteiger partial charge is 0.328 e. The number of aliphatic imine (C=N–C) groups is 1. The van der Waals surface area contributed by atoms with Gasteiger partial charge in [-0.15, -0.1) is 0 Å². The fourth-order valence-electron chi connectivity index (χ4n) is 6.20. The third-order valence-electron chi connectivity index (χ3n) is 8.84. The number of H-pyrrole nitrogens is 2. The van der Waals surface area contributed by atoms with Gasteiger partial charge in [-0.3, -0.25) is 14.4 Å². The number of nitrogens with one attached hydrogen (secondary N) is 3. The lowest BCUT2D eigenvalue weighted by Gasteiger charge is -2.12. The molecule has 0 spiro atoms. The zero-order chi connectivity index (χ0) is 31.6. The minimum Gasteiger partial charge on any atom is -0.481 e. The number of hydrogen-bond acceptors (Lipinski definition) is 4. The van der Waals surface area contributed by atoms with Gasteiger partial charge in [0, 0.05) is 64.0 Å². The summed E-state index contributed by atoms with van der Waals surface area (Å²) in [5, 5.41) is 23.3. The minimum absolute atomic E-state index is 0.00767. The number of aliphatic carboxylic acids is 2. The van der Waals surface area contributed by atoms with Crippen molar-refractivity contribution < 1.29 is 29.4 Å². The highest BCUT2D eigenvalue weighted by atomic mass is 16.4. The van der Waals surface area contributed by atoms with Gasteiger partial charge in [0.15, 0.2) is 0 Å². The van der Waals surface area contributed by atoms with Crippen LogP contribution in [-0.2, 0) is 32.0 Å². The molecule has 0 saturated carbocycles. The topological polar surface area (TPSA) is 165 Å². The summed E-state index contributed by atoms with van der Waals surface area (Å²) in [4.78, 5) is 58.9. The van der Waals surface area contributed by atoms with Crippen LogP contribution in [0.4, 0.5) is 0 Å². The average molecular weight is 589 g/mol. The summed E-state index contributed by atoms with van der Waals surface area (Å²) in [5.41, 5.74) is 7.23. The number of amides is 2. The van der Waals surface area contributed by atoms with Crippen molar-refractivity contribution in [1.29, 1.82) is 0 Å². The highest BCUT2D eigenvalue weighted by Gasteiger charge is 2.32. The molecule has 0 fully saturated rings. The van der Waals surface area contributed by atoms with Crippen molar-refractivity contribution in [3.8, 4) is 0 Å². The van der Waals surface area contributed by atoms with Crippen LogP contribution in [0.5, 0.6) is 0 Å². The Morgan fingerprint density at radius 2 is 1.72 bits per heavy atom. The molecule has 2 aromatic heterocycles. The SMILES string of the molecule is CCC1=C(C)[C@@H](Cc2[nH]c(/C=c3\[nH]/c(=C/C4=NC(=O)[C@H](C)[C@H]4CC)c(C)c3CCC(=O)O)c(/C=C/C(=O)O)c2C)NC1=O. The normalized spacial score (nSPS) is 21.4. The number of aromatic amines is 2. The number of carbonyl (C=O) groups is 4. The minimum atomic E-state index is -1.08. The Balaban J connectivity index is 1.87. The second-order valence-electron chi connectivity index (χ2n) is 11.4. The molecule has 2 amide bonds. The van der Waals surface area contributed by atoms with Crippen LogP contribution in [0.25, 0.3) is 18.2 Å². The number of aromatic nitrogens is 2. The number of hydrogen-bond donors (Lipinski definition) is 5. The van der Waals surface area contributed by atoms with Crippen LogP contribution in [-0.4, -0.2) is 55.7 Å². The van der Waals surface area contributed by atoms with Crippen LogP contribution >= 0.6 is 0 Å². The second-order valence-corrected chi connectivity index (χ2v) is 11.4. The first-order valence-corrected chi connectivity index (χ1v) is 14.7. The van der Waals surface area contributed by atoms with E-state index in [4.69, 9.17) is 0 Å². The molecule has 0 saturated heterocycles. The van der Waals surface area contributed by atoms with Crippen molar-refractivity contribution in [2.45, 2.75) is 79.7 Å². The van der Waals surface area contributed by atoms with E-state index in [1.165, 1.54) is 0 Å². The van der Waals surface area contributed by atoms with Crippen LogP contribution in [0.2, 0.25) is 0 Å². The molecule has 4 heterocycles. The molecule has 2 aliphatic rings. The summed E-state index contributed by atoms with van der Waals surface area (Å²) < 4.78 is 0. The Hall–Kier alpha value is -4.47. The number of rotatable bonds is 11. The summed E-state index contributed by atoms with van der Waals surface area (Å²) in [6, 6.07) is -0.173. The largest absolute Gasteiger partial charge is 0.481 e. The predicted octanol–water partition coefficient (Wildman–Crippen LogP) is 3.09. The third-order valence-corrected chi connectivity index (χ3v) is 8.84. The molecular weight excluding hydrogens is 548 g/mol. The molecule has 0 aliphatic carbocycles. The van der Waals surface area contributed by atoms with Crippen LogP contribution in [0.3, 0.4) is 0 Å². The van der Waals surface area contributed by atoms with Crippen molar-refractivity contribution >= 4 is 47.7 Å². The van der Waals surface area contributed by atoms with E-state index < -0.39 is 11.9 Å². The highest BCUT2D eigenvalue weighted by Crippen LogP contribution is 2.28. The average Bonchev–Trinajstić information content (AvgIpc) is 3.59. The maximum atomic E-state index is 12.4. The fourth-order valence-corrected chi connectivity index (χ4v) is 6.20. The van der Waals surface area contributed by atoms with E-state index in [0.717, 1.165) is 51.4 Å². The Bertz CT molecular complexity index is 1700. The van der Waals surface area contributed by atoms with Crippen molar-refractivity contribution in [3.63, 3.8) is 0 Å². The Morgan fingerprint density at radius 1 is 1.00 bits per heavy atom. The van der Waals surface area contributed by atoms with Gasteiger partial charge >= 0.3 is 11.9 Å². The third kappa shape index (κ3) is 6.48. The van der Waals surface area contributed by atoms with E-state index in [-0.39, 0.29) is 42.5 Å². The van der Waals surface area contributed by atoms with Gasteiger partial charge < -0.3 is 25.5 Å². The Kier molecular flexibility index (Phi) is 9.37. The summed E-state index contributed by atoms with van der Waals surface area (Å²) in [6.07, 6.45) is 8.51. The van der Waals surface area contributed by atoms with Crippen molar-refractivity contribution in [3.05, 3.63) is 61.6 Å². The molecule has 228 valence electrons. The van der Waals surface area contributed by atoms with Crippen molar-refractivity contribution in [1.82, 2.24) is 15.3 Å². The summed E-state index contributed by atoms with van der Waals surface area (Å²) in [7, 11) is 0. The first kappa shape index (κ1) is 31.5. The van der Waals surface area contributed by atoms with Gasteiger partial charge in [0.1, 0.15) is 0 Å². The van der Waals surface area contributed by atoms with Crippen LogP contribution in [0, 0.1) is 25.7 Å². The van der Waals surface area contributed by atoms with E-state index in [0.29, 0.717) is 35.2 Å². The summed E-state index contributed by atoms with van der Waals surface area (Å²) >= 11 is 0. The maximum absolute atomic E-state index is 12.4. The van der Waals surface area contributed by atoms with Crippen LogP contribution in [0.1, 0.15) is 80.6 Å². The number of carbonyl (C=O) groups excluding carboxylic acids is 2. The first-order valence-electron chi connectivity index (χ1n) is 14.7. The van der Waals surface area contributed by atoms with Gasteiger partial charge in [0.2, 0.25) is 11.8 Å². The van der Waals surface area contributed by atoms with E-state index >= 15 is 0 Å². The lowest BCUT2D eigenvalue weighted by molar-refractivity contribution is -0.137. The molecule has 2 aromatic rings. The molecule has 10 nitrogen and oxygen atoms in total. The molecule has 0 bridgehead atoms. The summed E-state index contributed by atoms with van der Waals surface area (Å²) in [5.74, 6) is -2.38. The second kappa shape index (κ2) is 12.8. The van der Waals surface area contributed by atoms with Gasteiger partial charge in [-0.25, -0.2) is 9.79 Å². The molecule has 3 atom stereocenters. The van der Waals surface area contributed by atoms with Crippen LogP contribution < -0.4 is 16.0 Å². The van der Waals surface area contributed by atoms with E-state index in [1.807, 2.05) is 53.7 Å². The van der Waals surface area contributed by atoms with Crippen molar-refractivity contribution in [2.75, 3.05) is 0 Å². The zero-order valence-electron chi connectivity index (χ0n) is 25.6. The van der Waals surface area contributed by atoms with Gasteiger partial charge in [-0.1, -0.05) is 20.8 Å². The highest BCUT2D eigenvalue weighted by molar-refractivity contribution is 6.20. The van der Waals surface area contributed by atoms with E-state index in [2.05, 4.69) is 20.3 Å². The summed E-state index contributed by atoms with van der Waals surface area (Å²) in [6.45, 7) is 11.6. The molecule has 0 radical (unpaired) electrons. The van der Waals surface area contributed by atoms with E-state index in [9.17, 15) is 29.4 Å². The van der Waals surface area contributed by atoms with Gasteiger partial charge in [0.25, 0.3) is 0 Å². The van der Waals surface area contributed by atoms with Gasteiger partial charge in [-0.2, -0.15) is 0 Å². The number of carboxylic acids is 2. The Labute approximate surface area is 250 Å². The van der Waals surface area contributed by atoms with Crippen LogP contribution in [0.15, 0.2) is 22.2 Å². The molecule has 5 N–H and O–H groups in total. The standard InChI is InChI=1S/C33H40N4O6/c1-7-20-19(6)32(42)37-27(20)14-25-18(5)23(10-12-31(40)41)29(35-25)15-28-22(9-11-30(38)39)17(4)24(34-28)13-26-16(3)21(8-2)33(43)36-26/h9,11,14-15,19-20,26,34-35H,7-8,10,12-13H2,1-6H3,(H,36,43)(H,38,39)(H,40,41)/b11-9+,25-14+,29-15-/t19-,20-,26-/m1/s1. The quantitative estimate of drug-likeness (QED) is 0.253. The fraction of sp³-hybridized carbons (Fsp3) is 0.424. The molecule has 4 rings (SSSR count). The molecule has 2 aliphatic heterocycles. The predicted molar refractivity (Wildman–Crippen MR) is 165 cm³/mol. The van der Waals surface area contributed by atoms with Gasteiger partial charge in [-0.05, 0) is 80.5 Å². The lowest BCUT2D eigenvalue weighted by Crippen LogP contribution is -2.30. The molecule has 0 aromatic carbocycles. The number of nitrogens with zero attached hydrogens (tertiary/aromatic N) is 1. The first-order chi connectivity index (χ1) is 20.4. The zero-order valence-corrected chi connectivity index (χ0v) is 25.6. The van der Waals surface area contributed by atoms with E-state index in [1.54, 1.807) is 6.08 Å². The molecule has 10 heteroatoms. The monoisotopic (exact) mass is 588 g/mol. The number of carboxylic acid groups (broad SMARTS) is 2. The van der Waals surface area contributed by atoms with Crippen molar-refractivity contribution in [2.24, 2.45) is 16.8 Å². The molecule has 43 heavy (non-hydrogen) atoms. The maximum Gasteiger partial charge on any atom is 0.328 e. The Morgan fingerprint density at radius 3 is 2.33 bits per heavy atom. The lowest BCUT2D eigenvalue weighted by atomic mass is 9.89. The molecular formula is C33H40N4O6. The van der Waals surface area contributed by atoms with Gasteiger partial charge in [0.05, 0.1) is 11.8 Å².